The molecule has 8 nitrogen and oxygen atoms in total. The van der Waals surface area contributed by atoms with Gasteiger partial charge in [0.15, 0.2) is 0 Å². The molecular weight excluding hydrogens is 382 g/mol. The number of carbonyl (C=O) groups is 2. The van der Waals surface area contributed by atoms with Crippen molar-refractivity contribution in [2.45, 2.75) is 18.8 Å². The van der Waals surface area contributed by atoms with Crippen molar-refractivity contribution in [2.75, 3.05) is 0 Å². The fourth-order valence-corrected chi connectivity index (χ4v) is 3.28. The zero-order valence-corrected chi connectivity index (χ0v) is 15.8. The molecule has 3 aromatic heterocycles. The highest BCUT2D eigenvalue weighted by Gasteiger charge is 2.29. The number of nitrogens with one attached hydrogen (secondary N) is 2. The maximum Gasteiger partial charge on any atom is 0.271 e. The van der Waals surface area contributed by atoms with Crippen LogP contribution >= 0.6 is 0 Å². The van der Waals surface area contributed by atoms with E-state index in [-0.39, 0.29) is 0 Å². The van der Waals surface area contributed by atoms with Crippen LogP contribution in [0.3, 0.4) is 0 Å². The molecule has 0 spiro atoms. The summed E-state index contributed by atoms with van der Waals surface area (Å²) in [7, 11) is 0. The number of pyridine rings is 2. The van der Waals surface area contributed by atoms with Gasteiger partial charge in [-0.05, 0) is 31.0 Å². The van der Waals surface area contributed by atoms with Gasteiger partial charge in [0, 0.05) is 29.6 Å². The van der Waals surface area contributed by atoms with Crippen LogP contribution in [0.15, 0.2) is 65.4 Å². The van der Waals surface area contributed by atoms with Gasteiger partial charge in [0.05, 0.1) is 16.5 Å². The predicted octanol–water partition coefficient (Wildman–Crippen LogP) is 3.24. The van der Waals surface area contributed by atoms with Crippen LogP contribution in [0.4, 0.5) is 0 Å². The van der Waals surface area contributed by atoms with Crippen LogP contribution in [0.1, 0.15) is 45.2 Å². The third kappa shape index (κ3) is 3.39. The predicted molar refractivity (Wildman–Crippen MR) is 108 cm³/mol. The standard InChI is InChI=1S/C22H17N5O3/c28-20(15-7-4-10-23-12-15)25-26-21(29)16-11-17(13-8-9-13)24-22-18(16)19(27-30-22)14-5-2-1-3-6-14/h1-7,10-13H,8-9H2,(H,25,28)(H,26,29). The summed E-state index contributed by atoms with van der Waals surface area (Å²) in [6.07, 6.45) is 5.04. The Morgan fingerprint density at radius 1 is 1.00 bits per heavy atom. The van der Waals surface area contributed by atoms with Crippen molar-refractivity contribution in [3.8, 4) is 11.3 Å². The molecule has 1 aromatic carbocycles. The van der Waals surface area contributed by atoms with Gasteiger partial charge in [-0.15, -0.1) is 0 Å². The Bertz CT molecular complexity index is 1230. The molecule has 1 aliphatic carbocycles. The van der Waals surface area contributed by atoms with Crippen LogP contribution < -0.4 is 10.9 Å². The average Bonchev–Trinajstić information content (AvgIpc) is 3.57. The van der Waals surface area contributed by atoms with Gasteiger partial charge in [0.25, 0.3) is 17.5 Å². The maximum atomic E-state index is 13.0. The van der Waals surface area contributed by atoms with E-state index in [9.17, 15) is 9.59 Å². The molecule has 0 radical (unpaired) electrons. The van der Waals surface area contributed by atoms with Gasteiger partial charge in [0.1, 0.15) is 5.69 Å². The van der Waals surface area contributed by atoms with Gasteiger partial charge >= 0.3 is 0 Å². The van der Waals surface area contributed by atoms with E-state index >= 15 is 0 Å². The minimum absolute atomic E-state index is 0.307. The lowest BCUT2D eigenvalue weighted by atomic mass is 10.0. The second-order valence-corrected chi connectivity index (χ2v) is 7.10. The molecule has 0 unspecified atom stereocenters. The van der Waals surface area contributed by atoms with E-state index in [1.54, 1.807) is 24.4 Å². The van der Waals surface area contributed by atoms with E-state index < -0.39 is 11.8 Å². The lowest BCUT2D eigenvalue weighted by molar-refractivity contribution is 0.0847. The molecule has 0 atom stereocenters. The normalized spacial score (nSPS) is 13.2. The number of nitrogens with zero attached hydrogens (tertiary/aromatic N) is 3. The molecule has 1 aliphatic rings. The van der Waals surface area contributed by atoms with Crippen molar-refractivity contribution in [3.05, 3.63) is 77.7 Å². The molecule has 3 heterocycles. The van der Waals surface area contributed by atoms with Crippen molar-refractivity contribution in [1.29, 1.82) is 0 Å². The van der Waals surface area contributed by atoms with Crippen LogP contribution in [0.25, 0.3) is 22.4 Å². The zero-order valence-electron chi connectivity index (χ0n) is 15.8. The summed E-state index contributed by atoms with van der Waals surface area (Å²) < 4.78 is 5.47. The first kappa shape index (κ1) is 18.0. The number of benzene rings is 1. The lowest BCUT2D eigenvalue weighted by Gasteiger charge is -2.09. The molecule has 0 saturated heterocycles. The molecule has 0 bridgehead atoms. The van der Waals surface area contributed by atoms with E-state index in [1.165, 1.54) is 6.20 Å². The first-order valence-electron chi connectivity index (χ1n) is 9.57. The highest BCUT2D eigenvalue weighted by Crippen LogP contribution is 2.41. The van der Waals surface area contributed by atoms with E-state index in [0.29, 0.717) is 33.8 Å². The molecule has 5 rings (SSSR count). The summed E-state index contributed by atoms with van der Waals surface area (Å²) in [5.41, 5.74) is 8.05. The smallest absolute Gasteiger partial charge is 0.271 e. The Labute approximate surface area is 171 Å². The van der Waals surface area contributed by atoms with Crippen LogP contribution in [-0.2, 0) is 0 Å². The summed E-state index contributed by atoms with van der Waals surface area (Å²) >= 11 is 0. The summed E-state index contributed by atoms with van der Waals surface area (Å²) in [5, 5.41) is 4.67. The van der Waals surface area contributed by atoms with E-state index in [1.807, 2.05) is 30.3 Å². The molecule has 1 fully saturated rings. The molecular formula is C22H17N5O3. The molecule has 2 N–H and O–H groups in total. The highest BCUT2D eigenvalue weighted by atomic mass is 16.5. The minimum atomic E-state index is -0.470. The van der Waals surface area contributed by atoms with Crippen molar-refractivity contribution in [3.63, 3.8) is 0 Å². The number of hydrogen-bond acceptors (Lipinski definition) is 6. The van der Waals surface area contributed by atoms with Crippen LogP contribution in [0, 0.1) is 0 Å². The quantitative estimate of drug-likeness (QED) is 0.510. The fourth-order valence-electron chi connectivity index (χ4n) is 3.28. The summed E-state index contributed by atoms with van der Waals surface area (Å²) in [6.45, 7) is 0. The molecule has 8 heteroatoms. The third-order valence-corrected chi connectivity index (χ3v) is 4.97. The van der Waals surface area contributed by atoms with Gasteiger partial charge in [-0.1, -0.05) is 35.5 Å². The zero-order chi connectivity index (χ0) is 20.5. The van der Waals surface area contributed by atoms with Crippen LogP contribution in [-0.4, -0.2) is 26.9 Å². The summed E-state index contributed by atoms with van der Waals surface area (Å²) in [4.78, 5) is 33.8. The molecule has 148 valence electrons. The van der Waals surface area contributed by atoms with Crippen molar-refractivity contribution < 1.29 is 14.1 Å². The Morgan fingerprint density at radius 2 is 1.80 bits per heavy atom. The largest absolute Gasteiger partial charge is 0.335 e. The van der Waals surface area contributed by atoms with E-state index in [4.69, 9.17) is 4.52 Å². The number of hydrogen-bond donors (Lipinski definition) is 2. The van der Waals surface area contributed by atoms with Gasteiger partial charge in [-0.25, -0.2) is 4.98 Å². The van der Waals surface area contributed by atoms with Crippen LogP contribution in [0.2, 0.25) is 0 Å². The number of fused-ring (bicyclic) bond motifs is 1. The molecule has 30 heavy (non-hydrogen) atoms. The lowest BCUT2D eigenvalue weighted by Crippen LogP contribution is -2.41. The van der Waals surface area contributed by atoms with Crippen molar-refractivity contribution in [2.24, 2.45) is 0 Å². The molecule has 4 aromatic rings. The average molecular weight is 399 g/mol. The molecule has 0 aliphatic heterocycles. The summed E-state index contributed by atoms with van der Waals surface area (Å²) in [5.74, 6) is -0.615. The topological polar surface area (TPSA) is 110 Å². The number of carbonyl (C=O) groups excluding carboxylic acids is 2. The number of amides is 2. The van der Waals surface area contributed by atoms with E-state index in [2.05, 4.69) is 26.0 Å². The Kier molecular flexibility index (Phi) is 4.44. The number of rotatable bonds is 4. The molecule has 2 amide bonds. The second-order valence-electron chi connectivity index (χ2n) is 7.10. The van der Waals surface area contributed by atoms with Crippen molar-refractivity contribution in [1.82, 2.24) is 26.0 Å². The Balaban J connectivity index is 1.50. The second kappa shape index (κ2) is 7.40. The van der Waals surface area contributed by atoms with Gasteiger partial charge in [-0.2, -0.15) is 0 Å². The van der Waals surface area contributed by atoms with Gasteiger partial charge in [-0.3, -0.25) is 25.4 Å². The summed E-state index contributed by atoms with van der Waals surface area (Å²) in [6, 6.07) is 14.5. The first-order chi connectivity index (χ1) is 14.7. The minimum Gasteiger partial charge on any atom is -0.335 e. The highest BCUT2D eigenvalue weighted by molar-refractivity contribution is 6.10. The Morgan fingerprint density at radius 3 is 2.53 bits per heavy atom. The first-order valence-corrected chi connectivity index (χ1v) is 9.57. The third-order valence-electron chi connectivity index (χ3n) is 4.97. The fraction of sp³-hybridized carbons (Fsp3) is 0.136. The van der Waals surface area contributed by atoms with Crippen LogP contribution in [0.5, 0.6) is 0 Å². The Hall–Kier alpha value is -4.07. The monoisotopic (exact) mass is 399 g/mol. The number of hydrazine groups is 1. The van der Waals surface area contributed by atoms with E-state index in [0.717, 1.165) is 24.1 Å². The SMILES string of the molecule is O=C(NNC(=O)c1cc(C2CC2)nc2onc(-c3ccccc3)c12)c1cccnc1. The molecule has 1 saturated carbocycles. The van der Waals surface area contributed by atoms with Crippen molar-refractivity contribution >= 4 is 22.9 Å². The maximum absolute atomic E-state index is 13.0. The van der Waals surface area contributed by atoms with Gasteiger partial charge in [0.2, 0.25) is 0 Å². The van der Waals surface area contributed by atoms with Gasteiger partial charge < -0.3 is 4.52 Å². The number of aromatic nitrogens is 3.